The largest absolute Gasteiger partial charge is 0.398 e. The van der Waals surface area contributed by atoms with Crippen molar-refractivity contribution >= 4 is 12.0 Å². The minimum Gasteiger partial charge on any atom is -0.398 e. The van der Waals surface area contributed by atoms with Gasteiger partial charge in [0.05, 0.1) is 0 Å². The van der Waals surface area contributed by atoms with Crippen molar-refractivity contribution in [2.75, 3.05) is 5.73 Å². The summed E-state index contributed by atoms with van der Waals surface area (Å²) in [5.74, 6) is 5.04. The lowest BCUT2D eigenvalue weighted by Gasteiger charge is -2.00. The molecule has 0 saturated heterocycles. The van der Waals surface area contributed by atoms with Gasteiger partial charge in [0.1, 0.15) is 0 Å². The van der Waals surface area contributed by atoms with Crippen molar-refractivity contribution in [3.63, 3.8) is 0 Å². The fourth-order valence-corrected chi connectivity index (χ4v) is 1.04. The van der Waals surface area contributed by atoms with Crippen LogP contribution in [0.5, 0.6) is 0 Å². The highest BCUT2D eigenvalue weighted by atomic mass is 16.1. The molecular formula is C11H11NO. The zero-order chi connectivity index (χ0) is 9.68. The van der Waals surface area contributed by atoms with Gasteiger partial charge in [0.15, 0.2) is 6.29 Å². The second-order valence-corrected chi connectivity index (χ2v) is 2.66. The van der Waals surface area contributed by atoms with E-state index in [9.17, 15) is 4.79 Å². The minimum atomic E-state index is 0.568. The van der Waals surface area contributed by atoms with E-state index in [4.69, 9.17) is 5.73 Å². The number of hydrogen-bond acceptors (Lipinski definition) is 2. The number of nitrogen functional groups attached to an aromatic ring is 1. The molecule has 2 N–H and O–H groups in total. The number of carbonyl (C=O) groups excluding carboxylic acids is 1. The molecule has 0 aromatic heterocycles. The maximum Gasteiger partial charge on any atom is 0.193 e. The van der Waals surface area contributed by atoms with Gasteiger partial charge in [-0.15, -0.1) is 0 Å². The van der Waals surface area contributed by atoms with Gasteiger partial charge in [-0.1, -0.05) is 18.9 Å². The van der Waals surface area contributed by atoms with Crippen molar-refractivity contribution in [2.45, 2.75) is 13.3 Å². The summed E-state index contributed by atoms with van der Waals surface area (Å²) in [6, 6.07) is 5.68. The zero-order valence-electron chi connectivity index (χ0n) is 7.50. The molecule has 1 rings (SSSR count). The van der Waals surface area contributed by atoms with Crippen LogP contribution >= 0.6 is 0 Å². The molecule has 0 bridgehead atoms. The summed E-state index contributed by atoms with van der Waals surface area (Å²) in [5.41, 5.74) is 8.18. The van der Waals surface area contributed by atoms with Crippen LogP contribution in [-0.2, 0) is 11.2 Å². The molecule has 0 aliphatic rings. The number of anilines is 1. The third-order valence-electron chi connectivity index (χ3n) is 1.79. The van der Waals surface area contributed by atoms with Crippen LogP contribution in [-0.4, -0.2) is 6.29 Å². The van der Waals surface area contributed by atoms with Gasteiger partial charge in [-0.2, -0.15) is 0 Å². The highest BCUT2D eigenvalue weighted by Crippen LogP contribution is 2.13. The second-order valence-electron chi connectivity index (χ2n) is 2.66. The van der Waals surface area contributed by atoms with Gasteiger partial charge in [-0.3, -0.25) is 4.79 Å². The molecule has 0 saturated carbocycles. The van der Waals surface area contributed by atoms with Crippen LogP contribution in [0.4, 0.5) is 5.69 Å². The lowest BCUT2D eigenvalue weighted by molar-refractivity contribution is -0.103. The smallest absolute Gasteiger partial charge is 0.193 e. The van der Waals surface area contributed by atoms with E-state index in [-0.39, 0.29) is 0 Å². The molecule has 66 valence electrons. The number of benzene rings is 1. The fourth-order valence-electron chi connectivity index (χ4n) is 1.04. The number of aldehydes is 1. The maximum absolute atomic E-state index is 10.0. The number of aryl methyl sites for hydroxylation is 1. The van der Waals surface area contributed by atoms with Gasteiger partial charge in [0.2, 0.25) is 0 Å². The molecule has 2 heteroatoms. The summed E-state index contributed by atoms with van der Waals surface area (Å²) in [7, 11) is 0. The molecule has 0 aliphatic heterocycles. The number of nitrogens with two attached hydrogens (primary N) is 1. The van der Waals surface area contributed by atoms with E-state index < -0.39 is 0 Å². The van der Waals surface area contributed by atoms with E-state index >= 15 is 0 Å². The normalized spacial score (nSPS) is 8.69. The molecule has 0 spiro atoms. The van der Waals surface area contributed by atoms with Crippen molar-refractivity contribution in [3.05, 3.63) is 29.3 Å². The van der Waals surface area contributed by atoms with Crippen LogP contribution < -0.4 is 5.73 Å². The van der Waals surface area contributed by atoms with E-state index in [2.05, 4.69) is 18.8 Å². The maximum atomic E-state index is 10.0. The van der Waals surface area contributed by atoms with Crippen molar-refractivity contribution in [3.8, 4) is 11.8 Å². The molecule has 0 unspecified atom stereocenters. The van der Waals surface area contributed by atoms with Crippen LogP contribution in [0.2, 0.25) is 0 Å². The summed E-state index contributed by atoms with van der Waals surface area (Å²) in [6.45, 7) is 2.06. The Kier molecular flexibility index (Phi) is 3.10. The molecule has 1 aromatic rings. The van der Waals surface area contributed by atoms with E-state index in [1.54, 1.807) is 0 Å². The molecule has 0 aliphatic carbocycles. The molecule has 0 fully saturated rings. The van der Waals surface area contributed by atoms with E-state index in [1.165, 1.54) is 5.56 Å². The quantitative estimate of drug-likeness (QED) is 0.396. The Bertz CT molecular complexity index is 371. The Morgan fingerprint density at radius 3 is 2.92 bits per heavy atom. The predicted octanol–water partition coefficient (Wildman–Crippen LogP) is 1.38. The van der Waals surface area contributed by atoms with Gasteiger partial charge in [-0.25, -0.2) is 0 Å². The average molecular weight is 173 g/mol. The molecule has 13 heavy (non-hydrogen) atoms. The number of carbonyl (C=O) groups is 1. The van der Waals surface area contributed by atoms with Gasteiger partial charge in [-0.05, 0) is 30.0 Å². The van der Waals surface area contributed by atoms with Gasteiger partial charge in [0.25, 0.3) is 0 Å². The average Bonchev–Trinajstić information content (AvgIpc) is 2.17. The highest BCUT2D eigenvalue weighted by molar-refractivity contribution is 5.75. The van der Waals surface area contributed by atoms with Crippen LogP contribution in [0.25, 0.3) is 0 Å². The van der Waals surface area contributed by atoms with E-state index in [0.29, 0.717) is 12.0 Å². The summed E-state index contributed by atoms with van der Waals surface area (Å²) in [6.07, 6.45) is 1.51. The van der Waals surface area contributed by atoms with Crippen molar-refractivity contribution < 1.29 is 4.79 Å². The first-order chi connectivity index (χ1) is 6.27. The molecule has 0 radical (unpaired) electrons. The van der Waals surface area contributed by atoms with Crippen molar-refractivity contribution in [1.82, 2.24) is 0 Å². The highest BCUT2D eigenvalue weighted by Gasteiger charge is 1.96. The number of rotatable bonds is 1. The topological polar surface area (TPSA) is 43.1 Å². The lowest BCUT2D eigenvalue weighted by Crippen LogP contribution is -1.91. The summed E-state index contributed by atoms with van der Waals surface area (Å²) >= 11 is 0. The Balaban J connectivity index is 3.10. The van der Waals surface area contributed by atoms with Gasteiger partial charge in [0, 0.05) is 11.3 Å². The van der Waals surface area contributed by atoms with Crippen LogP contribution in [0.3, 0.4) is 0 Å². The van der Waals surface area contributed by atoms with Gasteiger partial charge < -0.3 is 5.73 Å². The van der Waals surface area contributed by atoms with Crippen molar-refractivity contribution in [2.24, 2.45) is 0 Å². The molecule has 1 aromatic carbocycles. The molecule has 2 nitrogen and oxygen atoms in total. The first-order valence-electron chi connectivity index (χ1n) is 4.11. The standard InChI is InChI=1S/C11H11NO/c1-2-9-5-6-11(12)10(8-9)4-3-7-13/h5-8H,2,12H2,1H3. The summed E-state index contributed by atoms with van der Waals surface area (Å²) < 4.78 is 0. The third-order valence-corrected chi connectivity index (χ3v) is 1.79. The fraction of sp³-hybridized carbons (Fsp3) is 0.182. The van der Waals surface area contributed by atoms with Crippen molar-refractivity contribution in [1.29, 1.82) is 0 Å². The number of hydrogen-bond donors (Lipinski definition) is 1. The second kappa shape index (κ2) is 4.32. The Morgan fingerprint density at radius 2 is 2.31 bits per heavy atom. The Hall–Kier alpha value is -1.75. The summed E-state index contributed by atoms with van der Waals surface area (Å²) in [4.78, 5) is 10.0. The lowest BCUT2D eigenvalue weighted by atomic mass is 10.1. The third kappa shape index (κ3) is 2.34. The van der Waals surface area contributed by atoms with Gasteiger partial charge >= 0.3 is 0 Å². The molecule has 0 atom stereocenters. The first-order valence-corrected chi connectivity index (χ1v) is 4.11. The monoisotopic (exact) mass is 173 g/mol. The van der Waals surface area contributed by atoms with Crippen LogP contribution in [0.1, 0.15) is 18.1 Å². The SMILES string of the molecule is CCc1ccc(N)c(C#CC=O)c1. The Morgan fingerprint density at radius 1 is 1.54 bits per heavy atom. The van der Waals surface area contributed by atoms with Crippen LogP contribution in [0.15, 0.2) is 18.2 Å². The summed E-state index contributed by atoms with van der Waals surface area (Å²) in [5, 5.41) is 0. The first kappa shape index (κ1) is 9.34. The zero-order valence-corrected chi connectivity index (χ0v) is 7.50. The molecular weight excluding hydrogens is 162 g/mol. The van der Waals surface area contributed by atoms with Crippen LogP contribution in [0, 0.1) is 11.8 Å². The predicted molar refractivity (Wildman–Crippen MR) is 53.2 cm³/mol. The molecule has 0 heterocycles. The van der Waals surface area contributed by atoms with E-state index in [1.807, 2.05) is 18.2 Å². The van der Waals surface area contributed by atoms with E-state index in [0.717, 1.165) is 12.0 Å². The minimum absolute atomic E-state index is 0.568. The molecule has 0 amide bonds. The Labute approximate surface area is 77.8 Å².